The van der Waals surface area contributed by atoms with Crippen LogP contribution < -0.4 is 5.32 Å². The smallest absolute Gasteiger partial charge is 0.102 e. The Balaban J connectivity index is 1.94. The second-order valence-electron chi connectivity index (χ2n) is 3.59. The van der Waals surface area contributed by atoms with E-state index in [0.29, 0.717) is 6.54 Å². The van der Waals surface area contributed by atoms with Crippen LogP contribution in [0, 0.1) is 0 Å². The molecule has 0 atom stereocenters. The molecule has 5 heteroatoms. The zero-order valence-corrected chi connectivity index (χ0v) is 9.09. The van der Waals surface area contributed by atoms with Crippen molar-refractivity contribution in [3.05, 3.63) is 41.7 Å². The first kappa shape index (κ1) is 10.6. The van der Waals surface area contributed by atoms with Crippen LogP contribution in [-0.2, 0) is 20.2 Å². The molecule has 0 unspecified atom stereocenters. The number of aliphatic hydroxyl groups is 1. The Bertz CT molecular complexity index is 449. The lowest BCUT2D eigenvalue weighted by Gasteiger charge is -2.04. The van der Waals surface area contributed by atoms with E-state index in [1.165, 1.54) is 0 Å². The fourth-order valence-electron chi connectivity index (χ4n) is 1.40. The summed E-state index contributed by atoms with van der Waals surface area (Å²) in [5.41, 5.74) is 2.81. The molecule has 5 nitrogen and oxygen atoms in total. The normalized spacial score (nSPS) is 10.4. The number of anilines is 1. The lowest BCUT2D eigenvalue weighted by atomic mass is 10.2. The second kappa shape index (κ2) is 4.76. The first-order valence-corrected chi connectivity index (χ1v) is 5.07. The van der Waals surface area contributed by atoms with Gasteiger partial charge in [-0.3, -0.25) is 4.68 Å². The van der Waals surface area contributed by atoms with Gasteiger partial charge in [-0.05, 0) is 17.7 Å². The molecular formula is C11H14N4O. The maximum Gasteiger partial charge on any atom is 0.102 e. The molecule has 16 heavy (non-hydrogen) atoms. The summed E-state index contributed by atoms with van der Waals surface area (Å²) in [5, 5.41) is 20.0. The van der Waals surface area contributed by atoms with Crippen LogP contribution in [0.25, 0.3) is 0 Å². The highest BCUT2D eigenvalue weighted by molar-refractivity contribution is 5.44. The Kier molecular flexibility index (Phi) is 3.16. The summed E-state index contributed by atoms with van der Waals surface area (Å²) in [5.74, 6) is 0. The maximum absolute atomic E-state index is 8.90. The Morgan fingerprint density at radius 1 is 1.31 bits per heavy atom. The molecule has 1 aromatic heterocycles. The van der Waals surface area contributed by atoms with E-state index in [1.54, 1.807) is 4.68 Å². The quantitative estimate of drug-likeness (QED) is 0.801. The molecule has 0 aliphatic carbocycles. The summed E-state index contributed by atoms with van der Waals surface area (Å²) in [6.45, 7) is 0.719. The van der Waals surface area contributed by atoms with Crippen LogP contribution in [0.1, 0.15) is 11.3 Å². The number of rotatable bonds is 4. The zero-order valence-electron chi connectivity index (χ0n) is 9.09. The van der Waals surface area contributed by atoms with Crippen molar-refractivity contribution >= 4 is 5.69 Å². The van der Waals surface area contributed by atoms with E-state index >= 15 is 0 Å². The highest BCUT2D eigenvalue weighted by Gasteiger charge is 1.98. The topological polar surface area (TPSA) is 63.0 Å². The largest absolute Gasteiger partial charge is 0.392 e. The number of nitrogens with zero attached hydrogens (tertiary/aromatic N) is 3. The van der Waals surface area contributed by atoms with Crippen molar-refractivity contribution in [2.45, 2.75) is 13.2 Å². The first-order valence-electron chi connectivity index (χ1n) is 5.07. The Morgan fingerprint density at radius 2 is 2.06 bits per heavy atom. The van der Waals surface area contributed by atoms with E-state index in [4.69, 9.17) is 5.11 Å². The van der Waals surface area contributed by atoms with E-state index in [1.807, 2.05) is 37.5 Å². The fraction of sp³-hybridized carbons (Fsp3) is 0.273. The highest BCUT2D eigenvalue weighted by atomic mass is 16.3. The van der Waals surface area contributed by atoms with Gasteiger partial charge in [0.2, 0.25) is 0 Å². The first-order chi connectivity index (χ1) is 7.78. The lowest BCUT2D eigenvalue weighted by molar-refractivity contribution is 0.282. The van der Waals surface area contributed by atoms with Crippen LogP contribution in [0.3, 0.4) is 0 Å². The third-order valence-corrected chi connectivity index (χ3v) is 2.26. The fourth-order valence-corrected chi connectivity index (χ4v) is 1.40. The van der Waals surface area contributed by atoms with Crippen LogP contribution in [0.15, 0.2) is 30.5 Å². The Hall–Kier alpha value is -1.88. The zero-order chi connectivity index (χ0) is 11.4. The SMILES string of the molecule is Cn1cc(CNc2ccc(CO)cc2)nn1. The molecular weight excluding hydrogens is 204 g/mol. The molecule has 2 aromatic rings. The summed E-state index contributed by atoms with van der Waals surface area (Å²) in [6, 6.07) is 7.64. The van der Waals surface area contributed by atoms with Gasteiger partial charge < -0.3 is 10.4 Å². The third kappa shape index (κ3) is 2.58. The number of nitrogens with one attached hydrogen (secondary N) is 1. The molecule has 0 saturated carbocycles. The standard InChI is InChI=1S/C11H14N4O/c1-15-7-11(13-14-15)6-12-10-4-2-9(8-16)3-5-10/h2-5,7,12,16H,6,8H2,1H3. The summed E-state index contributed by atoms with van der Waals surface area (Å²) in [6.07, 6.45) is 1.87. The Labute approximate surface area is 93.7 Å². The van der Waals surface area contributed by atoms with Crippen molar-refractivity contribution in [1.82, 2.24) is 15.0 Å². The molecule has 0 saturated heterocycles. The van der Waals surface area contributed by atoms with Gasteiger partial charge in [0.05, 0.1) is 13.2 Å². The van der Waals surface area contributed by atoms with Gasteiger partial charge in [0.1, 0.15) is 5.69 Å². The molecule has 0 radical (unpaired) electrons. The minimum atomic E-state index is 0.0739. The highest BCUT2D eigenvalue weighted by Crippen LogP contribution is 2.10. The van der Waals surface area contributed by atoms with Crippen LogP contribution in [-0.4, -0.2) is 20.1 Å². The van der Waals surface area contributed by atoms with E-state index in [-0.39, 0.29) is 6.61 Å². The number of aromatic nitrogens is 3. The molecule has 0 aliphatic rings. The van der Waals surface area contributed by atoms with Crippen LogP contribution >= 0.6 is 0 Å². The second-order valence-corrected chi connectivity index (χ2v) is 3.59. The van der Waals surface area contributed by atoms with E-state index in [9.17, 15) is 0 Å². The molecule has 0 bridgehead atoms. The molecule has 0 spiro atoms. The minimum Gasteiger partial charge on any atom is -0.392 e. The number of hydrogen-bond acceptors (Lipinski definition) is 4. The van der Waals surface area contributed by atoms with Gasteiger partial charge in [0.15, 0.2) is 0 Å². The third-order valence-electron chi connectivity index (χ3n) is 2.26. The number of aryl methyl sites for hydroxylation is 1. The van der Waals surface area contributed by atoms with Crippen molar-refractivity contribution in [1.29, 1.82) is 0 Å². The van der Waals surface area contributed by atoms with Crippen LogP contribution in [0.4, 0.5) is 5.69 Å². The van der Waals surface area contributed by atoms with Crippen molar-refractivity contribution in [2.75, 3.05) is 5.32 Å². The summed E-state index contributed by atoms with van der Waals surface area (Å²) >= 11 is 0. The van der Waals surface area contributed by atoms with Gasteiger partial charge in [-0.2, -0.15) is 0 Å². The van der Waals surface area contributed by atoms with Gasteiger partial charge in [-0.15, -0.1) is 5.10 Å². The molecule has 2 rings (SSSR count). The predicted octanol–water partition coefficient (Wildman–Crippen LogP) is 0.919. The summed E-state index contributed by atoms with van der Waals surface area (Å²) < 4.78 is 1.67. The molecule has 2 N–H and O–H groups in total. The van der Waals surface area contributed by atoms with Crippen LogP contribution in [0.2, 0.25) is 0 Å². The van der Waals surface area contributed by atoms with Crippen molar-refractivity contribution < 1.29 is 5.11 Å². The van der Waals surface area contributed by atoms with E-state index < -0.39 is 0 Å². The molecule has 84 valence electrons. The maximum atomic E-state index is 8.90. The number of hydrogen-bond donors (Lipinski definition) is 2. The predicted molar refractivity (Wildman–Crippen MR) is 60.7 cm³/mol. The van der Waals surface area contributed by atoms with Gasteiger partial charge >= 0.3 is 0 Å². The molecule has 0 fully saturated rings. The van der Waals surface area contributed by atoms with E-state index in [0.717, 1.165) is 16.9 Å². The van der Waals surface area contributed by atoms with Crippen molar-refractivity contribution in [3.63, 3.8) is 0 Å². The molecule has 0 aliphatic heterocycles. The number of benzene rings is 1. The average Bonchev–Trinajstić information content (AvgIpc) is 2.73. The van der Waals surface area contributed by atoms with Gasteiger partial charge in [-0.25, -0.2) is 0 Å². The molecule has 0 amide bonds. The average molecular weight is 218 g/mol. The van der Waals surface area contributed by atoms with Crippen molar-refractivity contribution in [3.8, 4) is 0 Å². The summed E-state index contributed by atoms with van der Waals surface area (Å²) in [7, 11) is 1.84. The molecule has 1 aromatic carbocycles. The van der Waals surface area contributed by atoms with E-state index in [2.05, 4.69) is 15.6 Å². The van der Waals surface area contributed by atoms with Gasteiger partial charge in [-0.1, -0.05) is 17.3 Å². The monoisotopic (exact) mass is 218 g/mol. The Morgan fingerprint density at radius 3 is 2.62 bits per heavy atom. The number of aliphatic hydroxyl groups excluding tert-OH is 1. The molecule has 1 heterocycles. The van der Waals surface area contributed by atoms with Gasteiger partial charge in [0.25, 0.3) is 0 Å². The van der Waals surface area contributed by atoms with Gasteiger partial charge in [0, 0.05) is 18.9 Å². The van der Waals surface area contributed by atoms with Crippen molar-refractivity contribution in [2.24, 2.45) is 7.05 Å². The minimum absolute atomic E-state index is 0.0739. The lowest BCUT2D eigenvalue weighted by Crippen LogP contribution is -1.99. The summed E-state index contributed by atoms with van der Waals surface area (Å²) in [4.78, 5) is 0. The van der Waals surface area contributed by atoms with Crippen LogP contribution in [0.5, 0.6) is 0 Å².